The van der Waals surface area contributed by atoms with E-state index in [1.54, 1.807) is 0 Å². The SMILES string of the molecule is Cc1cccn2c(-c3ccc(Cl)cc3)nnc12. The number of hydrogen-bond acceptors (Lipinski definition) is 2. The molecule has 0 atom stereocenters. The highest BCUT2D eigenvalue weighted by Crippen LogP contribution is 2.21. The standard InChI is InChI=1S/C13H10ClN3/c1-9-3-2-8-17-12(9)15-16-13(17)10-4-6-11(14)7-5-10/h2-8H,1H3. The molecular weight excluding hydrogens is 234 g/mol. The van der Waals surface area contributed by atoms with E-state index in [0.29, 0.717) is 0 Å². The Balaban J connectivity index is 2.24. The average molecular weight is 244 g/mol. The van der Waals surface area contributed by atoms with Crippen molar-refractivity contribution in [3.63, 3.8) is 0 Å². The smallest absolute Gasteiger partial charge is 0.168 e. The van der Waals surface area contributed by atoms with E-state index in [1.807, 2.05) is 53.9 Å². The number of aryl methyl sites for hydroxylation is 1. The summed E-state index contributed by atoms with van der Waals surface area (Å²) >= 11 is 5.87. The van der Waals surface area contributed by atoms with Gasteiger partial charge in [-0.25, -0.2) is 0 Å². The van der Waals surface area contributed by atoms with Crippen LogP contribution in [0, 0.1) is 6.92 Å². The molecule has 1 aromatic carbocycles. The Hall–Kier alpha value is -1.87. The molecular formula is C13H10ClN3. The summed E-state index contributed by atoms with van der Waals surface area (Å²) in [7, 11) is 0. The number of pyridine rings is 1. The van der Waals surface area contributed by atoms with Gasteiger partial charge in [-0.2, -0.15) is 0 Å². The molecule has 0 N–H and O–H groups in total. The summed E-state index contributed by atoms with van der Waals surface area (Å²) in [6.07, 6.45) is 1.96. The predicted molar refractivity (Wildman–Crippen MR) is 68.2 cm³/mol. The first-order valence-electron chi connectivity index (χ1n) is 5.32. The lowest BCUT2D eigenvalue weighted by molar-refractivity contribution is 1.11. The van der Waals surface area contributed by atoms with Crippen LogP contribution in [0.3, 0.4) is 0 Å². The Morgan fingerprint density at radius 2 is 1.82 bits per heavy atom. The molecule has 4 heteroatoms. The monoisotopic (exact) mass is 243 g/mol. The van der Waals surface area contributed by atoms with Crippen molar-refractivity contribution in [3.05, 3.63) is 53.2 Å². The van der Waals surface area contributed by atoms with Crippen molar-refractivity contribution in [2.45, 2.75) is 6.92 Å². The Labute approximate surface area is 104 Å². The largest absolute Gasteiger partial charge is 0.282 e. The lowest BCUT2D eigenvalue weighted by Crippen LogP contribution is -1.90. The maximum Gasteiger partial charge on any atom is 0.168 e. The summed E-state index contributed by atoms with van der Waals surface area (Å²) in [5, 5.41) is 9.14. The normalized spacial score (nSPS) is 10.9. The van der Waals surface area contributed by atoms with Crippen LogP contribution in [0.2, 0.25) is 5.02 Å². The van der Waals surface area contributed by atoms with Gasteiger partial charge in [0.2, 0.25) is 0 Å². The summed E-state index contributed by atoms with van der Waals surface area (Å²) in [5.41, 5.74) is 3.00. The van der Waals surface area contributed by atoms with Crippen molar-refractivity contribution in [1.82, 2.24) is 14.6 Å². The van der Waals surface area contributed by atoms with Crippen molar-refractivity contribution in [3.8, 4) is 11.4 Å². The highest BCUT2D eigenvalue weighted by molar-refractivity contribution is 6.30. The number of benzene rings is 1. The molecule has 2 aromatic heterocycles. The van der Waals surface area contributed by atoms with Gasteiger partial charge >= 0.3 is 0 Å². The molecule has 0 aliphatic heterocycles. The zero-order valence-electron chi connectivity index (χ0n) is 9.26. The molecule has 0 unspecified atom stereocenters. The van der Waals surface area contributed by atoms with E-state index in [-0.39, 0.29) is 0 Å². The lowest BCUT2D eigenvalue weighted by Gasteiger charge is -2.01. The van der Waals surface area contributed by atoms with Gasteiger partial charge in [0.15, 0.2) is 11.5 Å². The van der Waals surface area contributed by atoms with Crippen LogP contribution in [0.25, 0.3) is 17.0 Å². The molecule has 3 nitrogen and oxygen atoms in total. The average Bonchev–Trinajstić information content (AvgIpc) is 2.75. The number of rotatable bonds is 1. The Kier molecular flexibility index (Phi) is 2.34. The molecule has 0 radical (unpaired) electrons. The second kappa shape index (κ2) is 3.86. The Bertz CT molecular complexity index is 671. The summed E-state index contributed by atoms with van der Waals surface area (Å²) in [5.74, 6) is 0.834. The molecule has 0 aliphatic rings. The fourth-order valence-electron chi connectivity index (χ4n) is 1.85. The summed E-state index contributed by atoms with van der Waals surface area (Å²) < 4.78 is 1.98. The highest BCUT2D eigenvalue weighted by atomic mass is 35.5. The van der Waals surface area contributed by atoms with Crippen LogP contribution < -0.4 is 0 Å². The minimum Gasteiger partial charge on any atom is -0.282 e. The second-order valence-electron chi connectivity index (χ2n) is 3.92. The molecule has 0 fully saturated rings. The van der Waals surface area contributed by atoms with E-state index in [9.17, 15) is 0 Å². The maximum absolute atomic E-state index is 5.87. The molecule has 0 saturated heterocycles. The number of aromatic nitrogens is 3. The van der Waals surface area contributed by atoms with E-state index < -0.39 is 0 Å². The summed E-state index contributed by atoms with van der Waals surface area (Å²) in [4.78, 5) is 0. The number of hydrogen-bond donors (Lipinski definition) is 0. The van der Waals surface area contributed by atoms with Crippen LogP contribution in [-0.4, -0.2) is 14.6 Å². The van der Waals surface area contributed by atoms with Crippen molar-refractivity contribution in [1.29, 1.82) is 0 Å². The molecule has 2 heterocycles. The van der Waals surface area contributed by atoms with E-state index in [1.165, 1.54) is 0 Å². The Morgan fingerprint density at radius 1 is 1.06 bits per heavy atom. The zero-order chi connectivity index (χ0) is 11.8. The van der Waals surface area contributed by atoms with Crippen LogP contribution in [0.1, 0.15) is 5.56 Å². The van der Waals surface area contributed by atoms with Gasteiger partial charge in [-0.1, -0.05) is 17.7 Å². The van der Waals surface area contributed by atoms with Crippen molar-refractivity contribution >= 4 is 17.2 Å². The third-order valence-corrected chi connectivity index (χ3v) is 2.98. The highest BCUT2D eigenvalue weighted by Gasteiger charge is 2.08. The van der Waals surface area contributed by atoms with Gasteiger partial charge in [-0.3, -0.25) is 4.40 Å². The minimum absolute atomic E-state index is 0.721. The Morgan fingerprint density at radius 3 is 2.59 bits per heavy atom. The van der Waals surface area contributed by atoms with E-state index >= 15 is 0 Å². The fourth-order valence-corrected chi connectivity index (χ4v) is 1.97. The van der Waals surface area contributed by atoms with Gasteiger partial charge in [0.25, 0.3) is 0 Å². The van der Waals surface area contributed by atoms with Crippen molar-refractivity contribution in [2.24, 2.45) is 0 Å². The van der Waals surface area contributed by atoms with Crippen LogP contribution in [0.15, 0.2) is 42.6 Å². The maximum atomic E-state index is 5.87. The first-order valence-corrected chi connectivity index (χ1v) is 5.70. The number of fused-ring (bicyclic) bond motifs is 1. The van der Waals surface area contributed by atoms with E-state index in [2.05, 4.69) is 10.2 Å². The van der Waals surface area contributed by atoms with Gasteiger partial charge in [0.1, 0.15) is 0 Å². The minimum atomic E-state index is 0.721. The zero-order valence-corrected chi connectivity index (χ0v) is 10.0. The van der Waals surface area contributed by atoms with E-state index in [0.717, 1.165) is 27.6 Å². The molecule has 0 bridgehead atoms. The van der Waals surface area contributed by atoms with Crippen LogP contribution in [0.4, 0.5) is 0 Å². The lowest BCUT2D eigenvalue weighted by atomic mass is 10.2. The first kappa shape index (κ1) is 10.3. The fraction of sp³-hybridized carbons (Fsp3) is 0.0769. The topological polar surface area (TPSA) is 30.2 Å². The van der Waals surface area contributed by atoms with Gasteiger partial charge in [-0.05, 0) is 42.8 Å². The number of nitrogens with zero attached hydrogens (tertiary/aromatic N) is 3. The van der Waals surface area contributed by atoms with Gasteiger partial charge < -0.3 is 0 Å². The number of halogens is 1. The molecule has 0 amide bonds. The van der Waals surface area contributed by atoms with Crippen LogP contribution >= 0.6 is 11.6 Å². The third-order valence-electron chi connectivity index (χ3n) is 2.73. The van der Waals surface area contributed by atoms with Crippen LogP contribution in [0.5, 0.6) is 0 Å². The predicted octanol–water partition coefficient (Wildman–Crippen LogP) is 3.36. The van der Waals surface area contributed by atoms with E-state index in [4.69, 9.17) is 11.6 Å². The molecule has 0 spiro atoms. The quantitative estimate of drug-likeness (QED) is 0.656. The summed E-state index contributed by atoms with van der Waals surface area (Å²) in [6.45, 7) is 2.02. The molecule has 3 aromatic rings. The molecule has 3 rings (SSSR count). The first-order chi connectivity index (χ1) is 8.25. The van der Waals surface area contributed by atoms with Gasteiger partial charge in [0.05, 0.1) is 0 Å². The third kappa shape index (κ3) is 1.68. The second-order valence-corrected chi connectivity index (χ2v) is 4.35. The van der Waals surface area contributed by atoms with Gasteiger partial charge in [0, 0.05) is 16.8 Å². The van der Waals surface area contributed by atoms with Crippen molar-refractivity contribution in [2.75, 3.05) is 0 Å². The molecule has 0 saturated carbocycles. The van der Waals surface area contributed by atoms with Crippen LogP contribution in [-0.2, 0) is 0 Å². The molecule has 0 aliphatic carbocycles. The van der Waals surface area contributed by atoms with Gasteiger partial charge in [-0.15, -0.1) is 10.2 Å². The molecule has 17 heavy (non-hydrogen) atoms. The van der Waals surface area contributed by atoms with Crippen molar-refractivity contribution < 1.29 is 0 Å². The summed E-state index contributed by atoms with van der Waals surface area (Å²) in [6, 6.07) is 11.6. The molecule has 84 valence electrons.